The third-order valence-electron chi connectivity index (χ3n) is 6.75. The number of benzene rings is 2. The van der Waals surface area contributed by atoms with Crippen LogP contribution in [0.4, 0.5) is 11.6 Å². The van der Waals surface area contributed by atoms with Gasteiger partial charge in [0.05, 0.1) is 24.5 Å². The number of furan rings is 1. The SMILES string of the molecule is N#Cc1nc(-c2ccco2)oc1N1CCN(CC(=O)N2c3ccccc3OCC2c2ccccc2)CC1. The molecule has 2 aliphatic heterocycles. The van der Waals surface area contributed by atoms with Gasteiger partial charge in [-0.15, -0.1) is 0 Å². The number of piperazine rings is 1. The number of fused-ring (bicyclic) bond motifs is 1. The van der Waals surface area contributed by atoms with Gasteiger partial charge in [-0.1, -0.05) is 42.5 Å². The van der Waals surface area contributed by atoms with Crippen molar-refractivity contribution in [1.29, 1.82) is 5.26 Å². The van der Waals surface area contributed by atoms with E-state index >= 15 is 0 Å². The van der Waals surface area contributed by atoms with Crippen LogP contribution < -0.4 is 14.5 Å². The second kappa shape index (κ2) is 9.84. The number of rotatable bonds is 5. The molecule has 0 bridgehead atoms. The summed E-state index contributed by atoms with van der Waals surface area (Å²) in [5, 5.41) is 9.57. The predicted octanol–water partition coefficient (Wildman–Crippen LogP) is 4.10. The van der Waals surface area contributed by atoms with Crippen LogP contribution in [0.25, 0.3) is 11.7 Å². The first kappa shape index (κ1) is 22.9. The monoisotopic (exact) mass is 495 g/mol. The van der Waals surface area contributed by atoms with Crippen molar-refractivity contribution in [2.45, 2.75) is 6.04 Å². The van der Waals surface area contributed by atoms with Crippen molar-refractivity contribution in [2.24, 2.45) is 0 Å². The van der Waals surface area contributed by atoms with E-state index in [0.29, 0.717) is 44.4 Å². The molecule has 0 N–H and O–H groups in total. The summed E-state index contributed by atoms with van der Waals surface area (Å²) in [5.41, 5.74) is 2.06. The molecule has 4 aromatic rings. The van der Waals surface area contributed by atoms with Gasteiger partial charge < -0.3 is 18.5 Å². The molecule has 1 atom stereocenters. The zero-order chi connectivity index (χ0) is 25.2. The molecule has 1 saturated heterocycles. The van der Waals surface area contributed by atoms with Crippen LogP contribution in [0, 0.1) is 11.3 Å². The molecular formula is C28H25N5O4. The van der Waals surface area contributed by atoms with Crippen LogP contribution in [0.15, 0.2) is 81.8 Å². The van der Waals surface area contributed by atoms with Crippen molar-refractivity contribution >= 4 is 17.5 Å². The van der Waals surface area contributed by atoms with Crippen molar-refractivity contribution in [1.82, 2.24) is 9.88 Å². The smallest absolute Gasteiger partial charge is 0.266 e. The highest BCUT2D eigenvalue weighted by atomic mass is 16.5. The number of para-hydroxylation sites is 2. The van der Waals surface area contributed by atoms with E-state index in [-0.39, 0.29) is 30.1 Å². The van der Waals surface area contributed by atoms with E-state index in [1.807, 2.05) is 64.4 Å². The Hall–Kier alpha value is -4.55. The summed E-state index contributed by atoms with van der Waals surface area (Å²) in [6.07, 6.45) is 1.54. The zero-order valence-corrected chi connectivity index (χ0v) is 20.1. The maximum absolute atomic E-state index is 13.7. The number of ether oxygens (including phenoxy) is 1. The van der Waals surface area contributed by atoms with Crippen molar-refractivity contribution < 1.29 is 18.4 Å². The predicted molar refractivity (Wildman–Crippen MR) is 136 cm³/mol. The first-order valence-electron chi connectivity index (χ1n) is 12.2. The van der Waals surface area contributed by atoms with Crippen LogP contribution in [0.2, 0.25) is 0 Å². The van der Waals surface area contributed by atoms with Crippen molar-refractivity contribution in [2.75, 3.05) is 49.1 Å². The summed E-state index contributed by atoms with van der Waals surface area (Å²) in [5.74, 6) is 1.94. The molecule has 0 aliphatic carbocycles. The normalized spacial score (nSPS) is 17.6. The van der Waals surface area contributed by atoms with Gasteiger partial charge in [-0.2, -0.15) is 10.2 Å². The highest BCUT2D eigenvalue weighted by molar-refractivity contribution is 5.97. The Balaban J connectivity index is 1.17. The number of hydrogen-bond acceptors (Lipinski definition) is 8. The summed E-state index contributed by atoms with van der Waals surface area (Å²) in [4.78, 5) is 24.0. The topological polar surface area (TPSA) is 99.0 Å². The Morgan fingerprint density at radius 2 is 1.78 bits per heavy atom. The Morgan fingerprint density at radius 1 is 1.00 bits per heavy atom. The van der Waals surface area contributed by atoms with Gasteiger partial charge in [0.1, 0.15) is 18.4 Å². The second-order valence-electron chi connectivity index (χ2n) is 8.99. The highest BCUT2D eigenvalue weighted by Crippen LogP contribution is 2.39. The molecule has 4 heterocycles. The molecule has 2 aromatic carbocycles. The summed E-state index contributed by atoms with van der Waals surface area (Å²) < 4.78 is 17.3. The van der Waals surface area contributed by atoms with E-state index in [2.05, 4.69) is 16.0 Å². The van der Waals surface area contributed by atoms with Gasteiger partial charge in [0.15, 0.2) is 5.76 Å². The fourth-order valence-electron chi connectivity index (χ4n) is 4.90. The van der Waals surface area contributed by atoms with Gasteiger partial charge in [-0.25, -0.2) is 0 Å². The molecule has 186 valence electrons. The Labute approximate surface area is 214 Å². The molecule has 1 fully saturated rings. The number of nitriles is 1. The molecule has 2 aliphatic rings. The van der Waals surface area contributed by atoms with E-state index in [4.69, 9.17) is 13.6 Å². The molecular weight excluding hydrogens is 470 g/mol. The van der Waals surface area contributed by atoms with Gasteiger partial charge >= 0.3 is 0 Å². The number of aromatic nitrogens is 1. The highest BCUT2D eigenvalue weighted by Gasteiger charge is 2.34. The van der Waals surface area contributed by atoms with Crippen LogP contribution in [0.3, 0.4) is 0 Å². The number of carbonyl (C=O) groups excluding carboxylic acids is 1. The van der Waals surface area contributed by atoms with Crippen LogP contribution in [0.1, 0.15) is 17.3 Å². The largest absolute Gasteiger partial charge is 0.489 e. The molecule has 1 unspecified atom stereocenters. The molecule has 1 amide bonds. The number of carbonyl (C=O) groups is 1. The number of anilines is 2. The molecule has 0 spiro atoms. The van der Waals surface area contributed by atoms with Crippen LogP contribution in [-0.2, 0) is 4.79 Å². The van der Waals surface area contributed by atoms with Crippen LogP contribution in [0.5, 0.6) is 5.75 Å². The minimum Gasteiger partial charge on any atom is -0.489 e. The van der Waals surface area contributed by atoms with Gasteiger partial charge in [0.25, 0.3) is 5.89 Å². The molecule has 0 saturated carbocycles. The number of oxazole rings is 1. The molecule has 6 rings (SSSR count). The number of amides is 1. The van der Waals surface area contributed by atoms with E-state index in [1.165, 1.54) is 6.26 Å². The lowest BCUT2D eigenvalue weighted by Gasteiger charge is -2.39. The van der Waals surface area contributed by atoms with E-state index in [0.717, 1.165) is 17.0 Å². The molecule has 0 radical (unpaired) electrons. The summed E-state index contributed by atoms with van der Waals surface area (Å²) in [7, 11) is 0. The standard InChI is InChI=1S/C28H25N5O4/c29-17-21-28(37-27(30-21)25-11-6-16-35-25)32-14-12-31(13-15-32)18-26(34)33-22-9-4-5-10-24(22)36-19-23(33)20-7-2-1-3-8-20/h1-11,16,23H,12-15,18-19H2. The van der Waals surface area contributed by atoms with Gasteiger partial charge in [-0.05, 0) is 29.8 Å². The third-order valence-corrected chi connectivity index (χ3v) is 6.75. The minimum atomic E-state index is -0.197. The maximum atomic E-state index is 13.7. The summed E-state index contributed by atoms with van der Waals surface area (Å²) in [6.45, 7) is 3.20. The average molecular weight is 496 g/mol. The van der Waals surface area contributed by atoms with E-state index in [1.54, 1.807) is 12.1 Å². The fraction of sp³-hybridized carbons (Fsp3) is 0.250. The maximum Gasteiger partial charge on any atom is 0.266 e. The van der Waals surface area contributed by atoms with Crippen molar-refractivity contribution in [3.05, 3.63) is 84.3 Å². The number of nitrogens with zero attached hydrogens (tertiary/aromatic N) is 5. The van der Waals surface area contributed by atoms with Gasteiger partial charge in [-0.3, -0.25) is 14.6 Å². The Bertz CT molecular complexity index is 1420. The lowest BCUT2D eigenvalue weighted by atomic mass is 10.0. The first-order chi connectivity index (χ1) is 18.2. The van der Waals surface area contributed by atoms with Crippen molar-refractivity contribution in [3.8, 4) is 23.5 Å². The molecule has 37 heavy (non-hydrogen) atoms. The van der Waals surface area contributed by atoms with Crippen LogP contribution >= 0.6 is 0 Å². The van der Waals surface area contributed by atoms with E-state index < -0.39 is 0 Å². The molecule has 9 heteroatoms. The Morgan fingerprint density at radius 3 is 2.54 bits per heavy atom. The first-order valence-corrected chi connectivity index (χ1v) is 12.2. The second-order valence-corrected chi connectivity index (χ2v) is 8.99. The lowest BCUT2D eigenvalue weighted by molar-refractivity contribution is -0.120. The lowest BCUT2D eigenvalue weighted by Crippen LogP contribution is -2.51. The van der Waals surface area contributed by atoms with Gasteiger partial charge in [0.2, 0.25) is 17.5 Å². The fourth-order valence-corrected chi connectivity index (χ4v) is 4.90. The zero-order valence-electron chi connectivity index (χ0n) is 20.1. The Kier molecular flexibility index (Phi) is 6.08. The van der Waals surface area contributed by atoms with Gasteiger partial charge in [0, 0.05) is 26.2 Å². The molecule has 9 nitrogen and oxygen atoms in total. The average Bonchev–Trinajstić information content (AvgIpc) is 3.64. The quantitative estimate of drug-likeness (QED) is 0.408. The van der Waals surface area contributed by atoms with E-state index in [9.17, 15) is 10.1 Å². The summed E-state index contributed by atoms with van der Waals surface area (Å²) >= 11 is 0. The molecule has 2 aromatic heterocycles. The van der Waals surface area contributed by atoms with Crippen LogP contribution in [-0.4, -0.2) is 55.1 Å². The third kappa shape index (κ3) is 4.43. The minimum absolute atomic E-state index is 0.0236. The number of hydrogen-bond donors (Lipinski definition) is 0. The van der Waals surface area contributed by atoms with Crippen molar-refractivity contribution in [3.63, 3.8) is 0 Å². The summed E-state index contributed by atoms with van der Waals surface area (Å²) in [6, 6.07) is 23.1.